The zero-order chi connectivity index (χ0) is 27.8. The first kappa shape index (κ1) is 28.6. The number of aliphatic hydroxyl groups is 1. The second-order valence-electron chi connectivity index (χ2n) is 9.30. The van der Waals surface area contributed by atoms with Crippen molar-refractivity contribution in [2.45, 2.75) is 51.0 Å². The number of hydrogen-bond donors (Lipinski definition) is 5. The first-order chi connectivity index (χ1) is 18.2. The van der Waals surface area contributed by atoms with Gasteiger partial charge in [-0.25, -0.2) is 4.98 Å². The van der Waals surface area contributed by atoms with Gasteiger partial charge >= 0.3 is 0 Å². The van der Waals surface area contributed by atoms with E-state index >= 15 is 0 Å². The number of nitrogens with zero attached hydrogens (tertiary/aromatic N) is 1. The van der Waals surface area contributed by atoms with Gasteiger partial charge in [0.05, 0.1) is 26.2 Å². The fourth-order valence-electron chi connectivity index (χ4n) is 4.85. The van der Waals surface area contributed by atoms with Crippen LogP contribution in [0.4, 0.5) is 5.82 Å². The van der Waals surface area contributed by atoms with Crippen molar-refractivity contribution >= 4 is 11.6 Å². The minimum absolute atomic E-state index is 0.0306. The second kappa shape index (κ2) is 13.0. The van der Waals surface area contributed by atoms with E-state index in [4.69, 9.17) is 15.2 Å². The van der Waals surface area contributed by atoms with Crippen LogP contribution in [0.3, 0.4) is 0 Å². The summed E-state index contributed by atoms with van der Waals surface area (Å²) >= 11 is 0. The molecule has 3 aromatic rings. The van der Waals surface area contributed by atoms with Crippen LogP contribution in [-0.4, -0.2) is 51.5 Å². The number of Topliss-reactive ketones (excluding diaryl/α,β-unsaturated/α-hetero) is 1. The third-order valence-electron chi connectivity index (χ3n) is 6.86. The fraction of sp³-hybridized carbons (Fsp3) is 0.379. The van der Waals surface area contributed by atoms with Gasteiger partial charge < -0.3 is 35.6 Å². The predicted molar refractivity (Wildman–Crippen MR) is 144 cm³/mol. The molecular weight excluding hydrogens is 488 g/mol. The van der Waals surface area contributed by atoms with E-state index in [1.165, 1.54) is 20.3 Å². The van der Waals surface area contributed by atoms with Crippen molar-refractivity contribution in [3.05, 3.63) is 65.4 Å². The number of benzene rings is 2. The van der Waals surface area contributed by atoms with Crippen LogP contribution >= 0.6 is 0 Å². The number of aromatic nitrogens is 1. The van der Waals surface area contributed by atoms with Crippen LogP contribution in [0.25, 0.3) is 0 Å². The zero-order valence-corrected chi connectivity index (χ0v) is 21.9. The van der Waals surface area contributed by atoms with Crippen molar-refractivity contribution in [2.75, 3.05) is 20.0 Å². The van der Waals surface area contributed by atoms with Crippen molar-refractivity contribution in [1.82, 2.24) is 4.98 Å². The monoisotopic (exact) mass is 524 g/mol. The smallest absolute Gasteiger partial charge is 0.200 e. The van der Waals surface area contributed by atoms with E-state index in [0.717, 1.165) is 11.1 Å². The van der Waals surface area contributed by atoms with Gasteiger partial charge in [-0.3, -0.25) is 4.79 Å². The molecule has 38 heavy (non-hydrogen) atoms. The SMILES string of the molecule is CCC(c1ccnc(N)c1)C(C(=O)CCc1cc(O)c(O)c(OC)c1)C(O)CCc1ccc(O)c(OC)c1. The van der Waals surface area contributed by atoms with E-state index in [1.54, 1.807) is 36.5 Å². The largest absolute Gasteiger partial charge is 0.504 e. The molecule has 9 heteroatoms. The summed E-state index contributed by atoms with van der Waals surface area (Å²) in [5.41, 5.74) is 8.23. The van der Waals surface area contributed by atoms with Gasteiger partial charge in [0, 0.05) is 12.6 Å². The molecule has 3 unspecified atom stereocenters. The Balaban J connectivity index is 1.84. The molecule has 0 amide bonds. The van der Waals surface area contributed by atoms with Crippen LogP contribution in [0, 0.1) is 5.92 Å². The molecule has 9 nitrogen and oxygen atoms in total. The third kappa shape index (κ3) is 6.86. The lowest BCUT2D eigenvalue weighted by Crippen LogP contribution is -2.34. The van der Waals surface area contributed by atoms with Gasteiger partial charge in [0.15, 0.2) is 23.0 Å². The molecule has 3 atom stereocenters. The van der Waals surface area contributed by atoms with E-state index in [9.17, 15) is 25.2 Å². The summed E-state index contributed by atoms with van der Waals surface area (Å²) in [6.07, 6.45) is 2.42. The summed E-state index contributed by atoms with van der Waals surface area (Å²) in [6.45, 7) is 1.96. The highest BCUT2D eigenvalue weighted by molar-refractivity contribution is 5.83. The molecule has 0 saturated carbocycles. The molecule has 3 rings (SSSR count). The van der Waals surface area contributed by atoms with Gasteiger partial charge in [0.1, 0.15) is 11.6 Å². The highest BCUT2D eigenvalue weighted by Crippen LogP contribution is 2.38. The number of carbonyl (C=O) groups excluding carboxylic acids is 1. The van der Waals surface area contributed by atoms with Gasteiger partial charge in [-0.15, -0.1) is 0 Å². The zero-order valence-electron chi connectivity index (χ0n) is 21.9. The normalized spacial score (nSPS) is 13.5. The quantitative estimate of drug-likeness (QED) is 0.208. The van der Waals surface area contributed by atoms with E-state index in [0.29, 0.717) is 36.4 Å². The van der Waals surface area contributed by atoms with Crippen LogP contribution < -0.4 is 15.2 Å². The lowest BCUT2D eigenvalue weighted by atomic mass is 9.76. The highest BCUT2D eigenvalue weighted by Gasteiger charge is 2.34. The Bertz CT molecular complexity index is 1250. The van der Waals surface area contributed by atoms with Crippen LogP contribution in [0.2, 0.25) is 0 Å². The molecule has 0 aliphatic carbocycles. The summed E-state index contributed by atoms with van der Waals surface area (Å²) in [5.74, 6) is -0.993. The maximum absolute atomic E-state index is 13.7. The number of methoxy groups -OCH3 is 2. The number of pyridine rings is 1. The minimum atomic E-state index is -0.954. The molecule has 0 fully saturated rings. The topological polar surface area (TPSA) is 155 Å². The molecule has 0 spiro atoms. The molecule has 0 radical (unpaired) electrons. The molecule has 0 saturated heterocycles. The number of carbonyl (C=O) groups is 1. The van der Waals surface area contributed by atoms with Crippen molar-refractivity contribution in [1.29, 1.82) is 0 Å². The molecule has 2 aromatic carbocycles. The standard InChI is InChI=1S/C29H36N2O7/c1-4-20(19-11-12-31-27(30)16-19)28(22(33)9-6-17-5-8-21(32)25(14-17)37-2)23(34)10-7-18-13-24(35)29(36)26(15-18)38-3/h5,8,11-16,20,22,28,32-33,35-36H,4,6-7,9-10H2,1-3H3,(H2,30,31). The van der Waals surface area contributed by atoms with Crippen molar-refractivity contribution in [2.24, 2.45) is 5.92 Å². The number of nitrogens with two attached hydrogens (primary N) is 1. The maximum Gasteiger partial charge on any atom is 0.200 e. The molecule has 1 aromatic heterocycles. The van der Waals surface area contributed by atoms with Gasteiger partial charge in [0.2, 0.25) is 5.75 Å². The number of ether oxygens (including phenoxy) is 2. The average Bonchev–Trinajstić information content (AvgIpc) is 2.91. The Hall–Kier alpha value is -3.98. The number of nitrogen functional groups attached to an aromatic ring is 1. The number of aliphatic hydroxyl groups excluding tert-OH is 1. The predicted octanol–water partition coefficient (Wildman–Crippen LogP) is 4.10. The van der Waals surface area contributed by atoms with E-state index in [2.05, 4.69) is 4.98 Å². The van der Waals surface area contributed by atoms with E-state index < -0.39 is 12.0 Å². The lowest BCUT2D eigenvalue weighted by molar-refractivity contribution is -0.127. The minimum Gasteiger partial charge on any atom is -0.504 e. The number of aromatic hydroxyl groups is 3. The van der Waals surface area contributed by atoms with E-state index in [-0.39, 0.29) is 47.5 Å². The summed E-state index contributed by atoms with van der Waals surface area (Å²) in [6, 6.07) is 11.5. The number of rotatable bonds is 13. The average molecular weight is 525 g/mol. The van der Waals surface area contributed by atoms with Gasteiger partial charge in [-0.05, 0) is 84.7 Å². The van der Waals surface area contributed by atoms with Crippen molar-refractivity contribution in [3.63, 3.8) is 0 Å². The first-order valence-corrected chi connectivity index (χ1v) is 12.5. The number of phenols is 3. The van der Waals surface area contributed by atoms with E-state index in [1.807, 2.05) is 13.0 Å². The molecule has 0 bridgehead atoms. The maximum atomic E-state index is 13.7. The number of phenolic OH excluding ortho intramolecular Hbond substituents is 3. The summed E-state index contributed by atoms with van der Waals surface area (Å²) in [7, 11) is 2.85. The molecular formula is C29H36N2O7. The van der Waals surface area contributed by atoms with Gasteiger partial charge in [-0.2, -0.15) is 0 Å². The van der Waals surface area contributed by atoms with Crippen molar-refractivity contribution in [3.8, 4) is 28.7 Å². The summed E-state index contributed by atoms with van der Waals surface area (Å²) in [5, 5.41) is 41.2. The Morgan fingerprint density at radius 1 is 0.947 bits per heavy atom. The van der Waals surface area contributed by atoms with Gasteiger partial charge in [-0.1, -0.05) is 13.0 Å². The molecule has 6 N–H and O–H groups in total. The number of anilines is 1. The number of aryl methyl sites for hydroxylation is 2. The first-order valence-electron chi connectivity index (χ1n) is 12.5. The Morgan fingerprint density at radius 2 is 1.66 bits per heavy atom. The molecule has 0 aliphatic heterocycles. The van der Waals surface area contributed by atoms with Crippen LogP contribution in [0.1, 0.15) is 48.8 Å². The van der Waals surface area contributed by atoms with Crippen LogP contribution in [0.5, 0.6) is 28.7 Å². The summed E-state index contributed by atoms with van der Waals surface area (Å²) in [4.78, 5) is 17.7. The Morgan fingerprint density at radius 3 is 2.32 bits per heavy atom. The van der Waals surface area contributed by atoms with Gasteiger partial charge in [0.25, 0.3) is 0 Å². The molecule has 1 heterocycles. The highest BCUT2D eigenvalue weighted by atomic mass is 16.5. The van der Waals surface area contributed by atoms with Crippen LogP contribution in [0.15, 0.2) is 48.7 Å². The Kier molecular flexibility index (Phi) is 9.78. The molecule has 0 aliphatic rings. The molecule has 204 valence electrons. The van der Waals surface area contributed by atoms with Crippen molar-refractivity contribution < 1.29 is 34.7 Å². The Labute approximate surface area is 222 Å². The van der Waals surface area contributed by atoms with Crippen LogP contribution in [-0.2, 0) is 17.6 Å². The lowest BCUT2D eigenvalue weighted by Gasteiger charge is -2.30. The third-order valence-corrected chi connectivity index (χ3v) is 6.86. The summed E-state index contributed by atoms with van der Waals surface area (Å²) < 4.78 is 10.3. The second-order valence-corrected chi connectivity index (χ2v) is 9.30. The fourth-order valence-corrected chi connectivity index (χ4v) is 4.85. The number of ketones is 1. The number of hydrogen-bond acceptors (Lipinski definition) is 9.